The number of benzene rings is 4. The van der Waals surface area contributed by atoms with Gasteiger partial charge in [-0.25, -0.2) is 4.79 Å². The number of ether oxygens (including phenoxy) is 3. The Labute approximate surface area is 242 Å². The van der Waals surface area contributed by atoms with Crippen LogP contribution in [0.5, 0.6) is 17.2 Å². The van der Waals surface area contributed by atoms with Crippen LogP contribution < -0.4 is 19.5 Å². The van der Waals surface area contributed by atoms with Crippen molar-refractivity contribution in [2.24, 2.45) is 0 Å². The van der Waals surface area contributed by atoms with E-state index in [0.29, 0.717) is 29.4 Å². The fourth-order valence-corrected chi connectivity index (χ4v) is 4.02. The van der Waals surface area contributed by atoms with E-state index in [0.717, 1.165) is 11.1 Å². The molecule has 2 N–H and O–H groups in total. The molecule has 0 aliphatic heterocycles. The third-order valence-electron chi connectivity index (χ3n) is 5.87. The standard InChI is InChI=1S/C32H25ClN2O6/c1-39-29-17-23(16-28(33)30(29)41-20-22-7-9-24(10-8-22)32(37)38)15-25(18-34)31(36)35-26-11-13-27(14-12-26)40-19-21-5-3-2-4-6-21/h2-17H,19-20H2,1H3,(H,35,36)(H,37,38)/b25-15+. The summed E-state index contributed by atoms with van der Waals surface area (Å²) in [5.74, 6) is -0.394. The molecule has 0 aliphatic rings. The van der Waals surface area contributed by atoms with Gasteiger partial charge >= 0.3 is 5.97 Å². The summed E-state index contributed by atoms with van der Waals surface area (Å²) in [7, 11) is 1.44. The number of aromatic carboxylic acids is 1. The lowest BCUT2D eigenvalue weighted by Gasteiger charge is -2.14. The van der Waals surface area contributed by atoms with Crippen molar-refractivity contribution in [3.05, 3.63) is 124 Å². The molecule has 0 fully saturated rings. The summed E-state index contributed by atoms with van der Waals surface area (Å²) in [6.07, 6.45) is 1.40. The molecule has 4 aromatic rings. The number of carboxylic acids is 1. The normalized spacial score (nSPS) is 10.8. The molecule has 41 heavy (non-hydrogen) atoms. The van der Waals surface area contributed by atoms with Crippen molar-refractivity contribution in [2.75, 3.05) is 12.4 Å². The smallest absolute Gasteiger partial charge is 0.335 e. The van der Waals surface area contributed by atoms with Crippen LogP contribution in [0.3, 0.4) is 0 Å². The van der Waals surface area contributed by atoms with Crippen LogP contribution in [0.2, 0.25) is 5.02 Å². The molecule has 8 nitrogen and oxygen atoms in total. The Balaban J connectivity index is 1.41. The van der Waals surface area contributed by atoms with E-state index in [1.54, 1.807) is 48.5 Å². The van der Waals surface area contributed by atoms with Gasteiger partial charge in [0.1, 0.15) is 30.6 Å². The van der Waals surface area contributed by atoms with Gasteiger partial charge in [0, 0.05) is 5.69 Å². The van der Waals surface area contributed by atoms with Crippen LogP contribution in [0.1, 0.15) is 27.0 Å². The average Bonchev–Trinajstić information content (AvgIpc) is 2.99. The molecule has 0 saturated heterocycles. The molecule has 0 unspecified atom stereocenters. The second kappa shape index (κ2) is 13.7. The van der Waals surface area contributed by atoms with Gasteiger partial charge in [0.2, 0.25) is 0 Å². The van der Waals surface area contributed by atoms with E-state index in [1.807, 2.05) is 36.4 Å². The van der Waals surface area contributed by atoms with Gasteiger partial charge in [-0.3, -0.25) is 4.79 Å². The first-order valence-electron chi connectivity index (χ1n) is 12.4. The van der Waals surface area contributed by atoms with Gasteiger partial charge in [0.25, 0.3) is 5.91 Å². The van der Waals surface area contributed by atoms with E-state index in [1.165, 1.54) is 25.3 Å². The lowest BCUT2D eigenvalue weighted by atomic mass is 10.1. The van der Waals surface area contributed by atoms with Crippen LogP contribution in [-0.4, -0.2) is 24.1 Å². The molecule has 4 aromatic carbocycles. The molecule has 206 valence electrons. The molecule has 0 bridgehead atoms. The predicted octanol–water partition coefficient (Wildman–Crippen LogP) is 6.75. The monoisotopic (exact) mass is 568 g/mol. The minimum absolute atomic E-state index is 0.118. The summed E-state index contributed by atoms with van der Waals surface area (Å²) < 4.78 is 17.0. The second-order valence-corrected chi connectivity index (χ2v) is 9.15. The Hall–Kier alpha value is -5.26. The van der Waals surface area contributed by atoms with E-state index >= 15 is 0 Å². The minimum atomic E-state index is -1.02. The van der Waals surface area contributed by atoms with Crippen LogP contribution in [0.25, 0.3) is 6.08 Å². The van der Waals surface area contributed by atoms with Crippen molar-refractivity contribution in [2.45, 2.75) is 13.2 Å². The van der Waals surface area contributed by atoms with Crippen LogP contribution in [0.4, 0.5) is 5.69 Å². The molecule has 0 aliphatic carbocycles. The summed E-state index contributed by atoms with van der Waals surface area (Å²) in [4.78, 5) is 23.9. The number of carbonyl (C=O) groups excluding carboxylic acids is 1. The number of carboxylic acid groups (broad SMARTS) is 1. The van der Waals surface area contributed by atoms with Crippen LogP contribution in [0, 0.1) is 11.3 Å². The first-order chi connectivity index (χ1) is 19.9. The van der Waals surface area contributed by atoms with Gasteiger partial charge in [-0.1, -0.05) is 54.1 Å². The number of nitriles is 1. The molecule has 1 amide bonds. The number of nitrogens with zero attached hydrogens (tertiary/aromatic N) is 1. The van der Waals surface area contributed by atoms with Gasteiger partial charge in [-0.05, 0) is 71.3 Å². The second-order valence-electron chi connectivity index (χ2n) is 8.75. The van der Waals surface area contributed by atoms with Crippen molar-refractivity contribution in [3.63, 3.8) is 0 Å². The van der Waals surface area contributed by atoms with Gasteiger partial charge in [-0.15, -0.1) is 0 Å². The molecule has 4 rings (SSSR count). The molecular weight excluding hydrogens is 544 g/mol. The molecule has 9 heteroatoms. The van der Waals surface area contributed by atoms with Gasteiger partial charge in [0.15, 0.2) is 11.5 Å². The van der Waals surface area contributed by atoms with E-state index in [2.05, 4.69) is 5.32 Å². The number of halogens is 1. The number of hydrogen-bond acceptors (Lipinski definition) is 6. The van der Waals surface area contributed by atoms with E-state index in [4.69, 9.17) is 30.9 Å². The largest absolute Gasteiger partial charge is 0.493 e. The molecular formula is C32H25ClN2O6. The molecule has 0 atom stereocenters. The molecule has 0 radical (unpaired) electrons. The number of nitrogens with one attached hydrogen (secondary N) is 1. The fourth-order valence-electron chi connectivity index (χ4n) is 3.75. The summed E-state index contributed by atoms with van der Waals surface area (Å²) >= 11 is 6.45. The number of anilines is 1. The zero-order valence-electron chi connectivity index (χ0n) is 22.0. The zero-order chi connectivity index (χ0) is 29.2. The molecule has 0 spiro atoms. The Morgan fingerprint density at radius 2 is 1.59 bits per heavy atom. The van der Waals surface area contributed by atoms with Crippen molar-refractivity contribution in [3.8, 4) is 23.3 Å². The summed E-state index contributed by atoms with van der Waals surface area (Å²) in [5, 5.41) is 21.6. The van der Waals surface area contributed by atoms with Crippen LogP contribution in [-0.2, 0) is 18.0 Å². The lowest BCUT2D eigenvalue weighted by molar-refractivity contribution is -0.112. The van der Waals surface area contributed by atoms with Crippen LogP contribution >= 0.6 is 11.6 Å². The van der Waals surface area contributed by atoms with Crippen molar-refractivity contribution in [1.29, 1.82) is 5.26 Å². The Bertz CT molecular complexity index is 1590. The maximum absolute atomic E-state index is 12.8. The maximum Gasteiger partial charge on any atom is 0.335 e. The highest BCUT2D eigenvalue weighted by Gasteiger charge is 2.15. The number of carbonyl (C=O) groups is 2. The predicted molar refractivity (Wildman–Crippen MR) is 155 cm³/mol. The highest BCUT2D eigenvalue weighted by atomic mass is 35.5. The van der Waals surface area contributed by atoms with Crippen molar-refractivity contribution in [1.82, 2.24) is 0 Å². The summed E-state index contributed by atoms with van der Waals surface area (Å²) in [6.45, 7) is 0.538. The minimum Gasteiger partial charge on any atom is -0.493 e. The summed E-state index contributed by atoms with van der Waals surface area (Å²) in [5.41, 5.74) is 2.76. The SMILES string of the molecule is COc1cc(/C=C(\C#N)C(=O)Nc2ccc(OCc3ccccc3)cc2)cc(Cl)c1OCc1ccc(C(=O)O)cc1. The van der Waals surface area contributed by atoms with Crippen molar-refractivity contribution < 1.29 is 28.9 Å². The quantitative estimate of drug-likeness (QED) is 0.152. The Morgan fingerprint density at radius 3 is 2.22 bits per heavy atom. The van der Waals surface area contributed by atoms with Gasteiger partial charge < -0.3 is 24.6 Å². The van der Waals surface area contributed by atoms with Crippen molar-refractivity contribution >= 4 is 35.2 Å². The zero-order valence-corrected chi connectivity index (χ0v) is 22.7. The first-order valence-corrected chi connectivity index (χ1v) is 12.8. The van der Waals surface area contributed by atoms with E-state index in [-0.39, 0.29) is 28.5 Å². The molecule has 0 heterocycles. The number of methoxy groups -OCH3 is 1. The number of hydrogen-bond donors (Lipinski definition) is 2. The van der Waals surface area contributed by atoms with E-state index in [9.17, 15) is 14.9 Å². The third kappa shape index (κ3) is 7.88. The molecule has 0 saturated carbocycles. The fraction of sp³-hybridized carbons (Fsp3) is 0.0938. The maximum atomic E-state index is 12.8. The van der Waals surface area contributed by atoms with Gasteiger partial charge in [0.05, 0.1) is 17.7 Å². The Morgan fingerprint density at radius 1 is 0.927 bits per heavy atom. The average molecular weight is 569 g/mol. The lowest BCUT2D eigenvalue weighted by Crippen LogP contribution is -2.13. The topological polar surface area (TPSA) is 118 Å². The number of rotatable bonds is 11. The highest BCUT2D eigenvalue weighted by molar-refractivity contribution is 6.32. The van der Waals surface area contributed by atoms with E-state index < -0.39 is 11.9 Å². The Kier molecular flexibility index (Phi) is 9.60. The summed E-state index contributed by atoms with van der Waals surface area (Å²) in [6, 6.07) is 27.9. The first kappa shape index (κ1) is 28.7. The van der Waals surface area contributed by atoms with Gasteiger partial charge in [-0.2, -0.15) is 5.26 Å². The molecule has 0 aromatic heterocycles. The van der Waals surface area contributed by atoms with Crippen LogP contribution in [0.15, 0.2) is 96.6 Å². The number of amides is 1. The third-order valence-corrected chi connectivity index (χ3v) is 6.15. The highest BCUT2D eigenvalue weighted by Crippen LogP contribution is 2.37.